The number of hydrogen-bond acceptors (Lipinski definition) is 3. The molecule has 1 fully saturated rings. The van der Waals surface area contributed by atoms with Crippen molar-refractivity contribution in [3.63, 3.8) is 0 Å². The van der Waals surface area contributed by atoms with Crippen LogP contribution in [0.2, 0.25) is 0 Å². The maximum atomic E-state index is 11.8. The molecular weight excluding hydrogens is 268 g/mol. The van der Waals surface area contributed by atoms with Gasteiger partial charge in [-0.25, -0.2) is 4.79 Å². The van der Waals surface area contributed by atoms with E-state index >= 15 is 0 Å². The minimum atomic E-state index is -0.461. The number of ether oxygens (including phenoxy) is 1. The molecule has 122 valence electrons. The topological polar surface area (TPSA) is 66.0 Å². The van der Waals surface area contributed by atoms with Crippen LogP contribution in [0.25, 0.3) is 0 Å². The van der Waals surface area contributed by atoms with Gasteiger partial charge in [0.15, 0.2) is 5.96 Å². The molecule has 0 radical (unpaired) electrons. The Morgan fingerprint density at radius 2 is 2.10 bits per heavy atom. The summed E-state index contributed by atoms with van der Waals surface area (Å²) in [5.41, 5.74) is -0.461. The lowest BCUT2D eigenvalue weighted by molar-refractivity contribution is 0.0507. The number of alkyl carbamates (subject to hydrolysis) is 1. The molecule has 1 aliphatic rings. The minimum absolute atomic E-state index is 0.109. The molecule has 2 N–H and O–H groups in total. The van der Waals surface area contributed by atoms with Crippen molar-refractivity contribution in [2.45, 2.75) is 52.7 Å². The summed E-state index contributed by atoms with van der Waals surface area (Å²) < 4.78 is 5.29. The second kappa shape index (κ2) is 7.52. The zero-order chi connectivity index (χ0) is 16.0. The van der Waals surface area contributed by atoms with Crippen LogP contribution in [0, 0.1) is 5.92 Å². The second-order valence-corrected chi connectivity index (χ2v) is 6.90. The Hall–Kier alpha value is -1.46. The maximum Gasteiger partial charge on any atom is 0.407 e. The van der Waals surface area contributed by atoms with Crippen molar-refractivity contribution >= 4 is 12.1 Å². The van der Waals surface area contributed by atoms with Gasteiger partial charge in [-0.3, -0.25) is 4.99 Å². The molecule has 0 aliphatic carbocycles. The van der Waals surface area contributed by atoms with Crippen LogP contribution in [0.1, 0.15) is 41.0 Å². The molecule has 1 heterocycles. The Balaban J connectivity index is 2.42. The van der Waals surface area contributed by atoms with Crippen LogP contribution in [0.5, 0.6) is 0 Å². The van der Waals surface area contributed by atoms with Gasteiger partial charge in [-0.15, -0.1) is 0 Å². The van der Waals surface area contributed by atoms with Gasteiger partial charge in [0.25, 0.3) is 0 Å². The summed E-state index contributed by atoms with van der Waals surface area (Å²) in [7, 11) is 1.79. The number of likely N-dealkylation sites (tertiary alicyclic amines) is 1. The number of amides is 1. The first-order chi connectivity index (χ1) is 9.71. The van der Waals surface area contributed by atoms with E-state index in [1.807, 2.05) is 20.8 Å². The smallest absolute Gasteiger partial charge is 0.407 e. The van der Waals surface area contributed by atoms with E-state index in [9.17, 15) is 4.79 Å². The molecule has 0 aromatic heterocycles. The average molecular weight is 298 g/mol. The number of rotatable bonds is 3. The Bertz CT molecular complexity index is 374. The maximum absolute atomic E-state index is 11.8. The van der Waals surface area contributed by atoms with Gasteiger partial charge >= 0.3 is 6.09 Å². The molecule has 0 spiro atoms. The molecule has 0 aromatic rings. The molecule has 1 atom stereocenters. The summed E-state index contributed by atoms with van der Waals surface area (Å²) in [6, 6.07) is 0.109. The molecular formula is C15H30N4O2. The van der Waals surface area contributed by atoms with Crippen LogP contribution in [0.15, 0.2) is 4.99 Å². The van der Waals surface area contributed by atoms with E-state index < -0.39 is 5.60 Å². The first-order valence-electron chi connectivity index (χ1n) is 7.66. The summed E-state index contributed by atoms with van der Waals surface area (Å²) in [5, 5.41) is 6.28. The van der Waals surface area contributed by atoms with Gasteiger partial charge in [-0.1, -0.05) is 13.8 Å². The quantitative estimate of drug-likeness (QED) is 0.616. The first-order valence-corrected chi connectivity index (χ1v) is 7.66. The molecule has 1 rings (SSSR count). The van der Waals surface area contributed by atoms with E-state index in [2.05, 4.69) is 34.4 Å². The number of aliphatic imine (C=N–C) groups is 1. The van der Waals surface area contributed by atoms with E-state index in [1.165, 1.54) is 0 Å². The standard InChI is InChI=1S/C15H30N4O2/c1-11(2)9-17-13(16-6)19-8-7-12(10-19)18-14(20)21-15(3,4)5/h11-12H,7-10H2,1-6H3,(H,16,17)(H,18,20). The molecule has 6 nitrogen and oxygen atoms in total. The van der Waals surface area contributed by atoms with E-state index in [0.29, 0.717) is 5.92 Å². The lowest BCUT2D eigenvalue weighted by Gasteiger charge is -2.23. The Kier molecular flexibility index (Phi) is 6.30. The molecule has 1 unspecified atom stereocenters. The molecule has 0 saturated carbocycles. The Labute approximate surface area is 128 Å². The number of carbonyl (C=O) groups is 1. The fraction of sp³-hybridized carbons (Fsp3) is 0.867. The average Bonchev–Trinajstić information content (AvgIpc) is 2.75. The fourth-order valence-electron chi connectivity index (χ4n) is 2.17. The van der Waals surface area contributed by atoms with Crippen LogP contribution in [-0.2, 0) is 4.74 Å². The number of carbonyl (C=O) groups excluding carboxylic acids is 1. The van der Waals surface area contributed by atoms with Crippen molar-refractivity contribution in [3.05, 3.63) is 0 Å². The Morgan fingerprint density at radius 3 is 2.62 bits per heavy atom. The summed E-state index contributed by atoms with van der Waals surface area (Å²) in [6.45, 7) is 12.5. The number of guanidine groups is 1. The van der Waals surface area contributed by atoms with Crippen LogP contribution < -0.4 is 10.6 Å². The molecule has 0 aromatic carbocycles. The highest BCUT2D eigenvalue weighted by molar-refractivity contribution is 5.80. The summed E-state index contributed by atoms with van der Waals surface area (Å²) >= 11 is 0. The first kappa shape index (κ1) is 17.6. The van der Waals surface area contributed by atoms with Crippen molar-refractivity contribution in [2.24, 2.45) is 10.9 Å². The highest BCUT2D eigenvalue weighted by Crippen LogP contribution is 2.12. The number of nitrogens with one attached hydrogen (secondary N) is 2. The van der Waals surface area contributed by atoms with Gasteiger partial charge < -0.3 is 20.3 Å². The summed E-state index contributed by atoms with van der Waals surface area (Å²) in [6.07, 6.45) is 0.557. The molecule has 1 saturated heterocycles. The van der Waals surface area contributed by atoms with Crippen molar-refractivity contribution in [3.8, 4) is 0 Å². The lowest BCUT2D eigenvalue weighted by Crippen LogP contribution is -2.44. The van der Waals surface area contributed by atoms with Crippen molar-refractivity contribution < 1.29 is 9.53 Å². The van der Waals surface area contributed by atoms with E-state index in [4.69, 9.17) is 4.74 Å². The van der Waals surface area contributed by atoms with Gasteiger partial charge in [0.2, 0.25) is 0 Å². The van der Waals surface area contributed by atoms with Gasteiger partial charge in [0.05, 0.1) is 6.04 Å². The van der Waals surface area contributed by atoms with Crippen LogP contribution in [-0.4, -0.2) is 55.3 Å². The third-order valence-corrected chi connectivity index (χ3v) is 3.09. The zero-order valence-corrected chi connectivity index (χ0v) is 14.2. The third kappa shape index (κ3) is 6.69. The van der Waals surface area contributed by atoms with Gasteiger partial charge in [0.1, 0.15) is 5.60 Å². The fourth-order valence-corrected chi connectivity index (χ4v) is 2.17. The van der Waals surface area contributed by atoms with Crippen molar-refractivity contribution in [2.75, 3.05) is 26.7 Å². The number of hydrogen-bond donors (Lipinski definition) is 2. The monoisotopic (exact) mass is 298 g/mol. The largest absolute Gasteiger partial charge is 0.444 e. The lowest BCUT2D eigenvalue weighted by atomic mass is 10.2. The zero-order valence-electron chi connectivity index (χ0n) is 14.2. The van der Waals surface area contributed by atoms with Crippen molar-refractivity contribution in [1.82, 2.24) is 15.5 Å². The predicted molar refractivity (Wildman–Crippen MR) is 85.5 cm³/mol. The third-order valence-electron chi connectivity index (χ3n) is 3.09. The molecule has 0 bridgehead atoms. The van der Waals surface area contributed by atoms with E-state index in [1.54, 1.807) is 7.05 Å². The predicted octanol–water partition coefficient (Wildman–Crippen LogP) is 1.82. The molecule has 21 heavy (non-hydrogen) atoms. The molecule has 1 amide bonds. The SMILES string of the molecule is CN=C(NCC(C)C)N1CCC(NC(=O)OC(C)(C)C)C1. The Morgan fingerprint density at radius 1 is 1.43 bits per heavy atom. The highest BCUT2D eigenvalue weighted by atomic mass is 16.6. The van der Waals surface area contributed by atoms with E-state index in [0.717, 1.165) is 32.0 Å². The normalized spacial score (nSPS) is 19.9. The summed E-state index contributed by atoms with van der Waals surface area (Å²) in [5.74, 6) is 1.47. The van der Waals surface area contributed by atoms with Gasteiger partial charge in [0, 0.05) is 26.7 Å². The number of nitrogens with zero attached hydrogens (tertiary/aromatic N) is 2. The van der Waals surface area contributed by atoms with Crippen LogP contribution >= 0.6 is 0 Å². The van der Waals surface area contributed by atoms with Gasteiger partial charge in [-0.2, -0.15) is 0 Å². The van der Waals surface area contributed by atoms with Gasteiger partial charge in [-0.05, 0) is 33.1 Å². The van der Waals surface area contributed by atoms with E-state index in [-0.39, 0.29) is 12.1 Å². The highest BCUT2D eigenvalue weighted by Gasteiger charge is 2.27. The van der Waals surface area contributed by atoms with Crippen LogP contribution in [0.4, 0.5) is 4.79 Å². The molecule has 6 heteroatoms. The molecule has 1 aliphatic heterocycles. The second-order valence-electron chi connectivity index (χ2n) is 6.90. The minimum Gasteiger partial charge on any atom is -0.444 e. The van der Waals surface area contributed by atoms with Crippen LogP contribution in [0.3, 0.4) is 0 Å². The summed E-state index contributed by atoms with van der Waals surface area (Å²) in [4.78, 5) is 18.3. The van der Waals surface area contributed by atoms with Crippen molar-refractivity contribution in [1.29, 1.82) is 0 Å².